The molecule has 3 rings (SSSR count). The summed E-state index contributed by atoms with van der Waals surface area (Å²) in [6.45, 7) is 1.90. The summed E-state index contributed by atoms with van der Waals surface area (Å²) >= 11 is 0. The Morgan fingerprint density at radius 2 is 2.00 bits per heavy atom. The Morgan fingerprint density at radius 3 is 2.68 bits per heavy atom. The third-order valence-corrected chi connectivity index (χ3v) is 3.85. The first kappa shape index (κ1) is 12.4. The predicted octanol–water partition coefficient (Wildman–Crippen LogP) is 2.49. The number of nitrogens with one attached hydrogen (secondary N) is 1. The molecule has 1 unspecified atom stereocenters. The van der Waals surface area contributed by atoms with Crippen molar-refractivity contribution in [3.8, 4) is 6.07 Å². The molecule has 1 saturated heterocycles. The summed E-state index contributed by atoms with van der Waals surface area (Å²) in [6.07, 6.45) is 3.46. The van der Waals surface area contributed by atoms with Gasteiger partial charge >= 0.3 is 0 Å². The molecule has 100 valence electrons. The minimum Gasteiger partial charge on any atom is -0.379 e. The normalized spacial score (nSPS) is 23.3. The van der Waals surface area contributed by atoms with Gasteiger partial charge < -0.3 is 5.32 Å². The van der Waals surface area contributed by atoms with Gasteiger partial charge in [-0.1, -0.05) is 0 Å². The molecule has 0 radical (unpaired) electrons. The lowest BCUT2D eigenvalue weighted by molar-refractivity contribution is 0.326. The lowest BCUT2D eigenvalue weighted by Crippen LogP contribution is -2.28. The van der Waals surface area contributed by atoms with Gasteiger partial charge in [-0.3, -0.25) is 4.90 Å². The van der Waals surface area contributed by atoms with Crippen LogP contribution in [0.25, 0.3) is 0 Å². The summed E-state index contributed by atoms with van der Waals surface area (Å²) in [5.74, 6) is -2.02. The van der Waals surface area contributed by atoms with Crippen LogP contribution in [-0.4, -0.2) is 30.1 Å². The molecular formula is C14H15F2N3. The average Bonchev–Trinajstić information content (AvgIpc) is 3.16. The van der Waals surface area contributed by atoms with E-state index in [1.165, 1.54) is 25.0 Å². The lowest BCUT2D eigenvalue weighted by atomic mass is 10.1. The number of hydrogen-bond acceptors (Lipinski definition) is 3. The Bertz CT molecular complexity index is 534. The summed E-state index contributed by atoms with van der Waals surface area (Å²) < 4.78 is 27.3. The monoisotopic (exact) mass is 263 g/mol. The second-order valence-corrected chi connectivity index (χ2v) is 5.26. The summed E-state index contributed by atoms with van der Waals surface area (Å²) in [6, 6.07) is 5.25. The average molecular weight is 263 g/mol. The van der Waals surface area contributed by atoms with Crippen LogP contribution in [0.2, 0.25) is 0 Å². The van der Waals surface area contributed by atoms with Crippen molar-refractivity contribution in [1.82, 2.24) is 4.90 Å². The molecule has 1 aliphatic heterocycles. The fourth-order valence-corrected chi connectivity index (χ4v) is 2.64. The molecular weight excluding hydrogens is 248 g/mol. The number of rotatable bonds is 3. The van der Waals surface area contributed by atoms with Crippen molar-refractivity contribution in [2.24, 2.45) is 0 Å². The summed E-state index contributed by atoms with van der Waals surface area (Å²) in [5.41, 5.74) is -0.103. The summed E-state index contributed by atoms with van der Waals surface area (Å²) in [7, 11) is 0. The zero-order valence-electron chi connectivity index (χ0n) is 10.5. The maximum absolute atomic E-state index is 13.8. The number of benzene rings is 1. The number of hydrogen-bond donors (Lipinski definition) is 1. The van der Waals surface area contributed by atoms with Crippen molar-refractivity contribution < 1.29 is 8.78 Å². The Kier molecular flexibility index (Phi) is 3.11. The number of halogens is 2. The van der Waals surface area contributed by atoms with Crippen LogP contribution in [0.1, 0.15) is 24.8 Å². The Labute approximate surface area is 110 Å². The highest BCUT2D eigenvalue weighted by Gasteiger charge is 2.34. The smallest absolute Gasteiger partial charge is 0.183 e. The highest BCUT2D eigenvalue weighted by molar-refractivity contribution is 5.50. The lowest BCUT2D eigenvalue weighted by Gasteiger charge is -2.17. The molecule has 0 amide bonds. The molecule has 5 heteroatoms. The van der Waals surface area contributed by atoms with Crippen molar-refractivity contribution in [3.63, 3.8) is 0 Å². The van der Waals surface area contributed by atoms with E-state index in [-0.39, 0.29) is 17.3 Å². The van der Waals surface area contributed by atoms with Crippen LogP contribution in [-0.2, 0) is 0 Å². The molecule has 1 N–H and O–H groups in total. The van der Waals surface area contributed by atoms with E-state index in [0.717, 1.165) is 19.5 Å². The van der Waals surface area contributed by atoms with Crippen LogP contribution < -0.4 is 5.32 Å². The van der Waals surface area contributed by atoms with Gasteiger partial charge in [0.25, 0.3) is 0 Å². The fourth-order valence-electron chi connectivity index (χ4n) is 2.64. The molecule has 0 spiro atoms. The van der Waals surface area contributed by atoms with E-state index in [2.05, 4.69) is 10.2 Å². The van der Waals surface area contributed by atoms with Crippen LogP contribution in [0.4, 0.5) is 14.5 Å². The third-order valence-electron chi connectivity index (χ3n) is 3.85. The summed E-state index contributed by atoms with van der Waals surface area (Å²) in [5, 5.41) is 11.7. The predicted molar refractivity (Wildman–Crippen MR) is 67.7 cm³/mol. The van der Waals surface area contributed by atoms with Gasteiger partial charge in [-0.25, -0.2) is 8.78 Å². The first-order valence-corrected chi connectivity index (χ1v) is 6.57. The van der Waals surface area contributed by atoms with Crippen molar-refractivity contribution >= 4 is 5.69 Å². The van der Waals surface area contributed by atoms with Crippen molar-refractivity contribution in [1.29, 1.82) is 5.26 Å². The molecule has 0 aromatic heterocycles. The van der Waals surface area contributed by atoms with Crippen LogP contribution in [0, 0.1) is 23.0 Å². The molecule has 1 atom stereocenters. The van der Waals surface area contributed by atoms with Gasteiger partial charge in [0.15, 0.2) is 11.6 Å². The minimum atomic E-state index is -1.07. The molecule has 1 aromatic carbocycles. The quantitative estimate of drug-likeness (QED) is 0.910. The van der Waals surface area contributed by atoms with Crippen LogP contribution in [0.5, 0.6) is 0 Å². The zero-order valence-corrected chi connectivity index (χ0v) is 10.5. The molecule has 2 fully saturated rings. The van der Waals surface area contributed by atoms with Crippen molar-refractivity contribution in [2.75, 3.05) is 18.4 Å². The molecule has 1 aliphatic carbocycles. The van der Waals surface area contributed by atoms with Crippen molar-refractivity contribution in [3.05, 3.63) is 29.3 Å². The first-order chi connectivity index (χ1) is 9.19. The summed E-state index contributed by atoms with van der Waals surface area (Å²) in [4.78, 5) is 2.40. The molecule has 0 bridgehead atoms. The van der Waals surface area contributed by atoms with Gasteiger partial charge in [0.2, 0.25) is 0 Å². The van der Waals surface area contributed by atoms with E-state index in [1.54, 1.807) is 6.07 Å². The van der Waals surface area contributed by atoms with Gasteiger partial charge in [-0.2, -0.15) is 5.26 Å². The van der Waals surface area contributed by atoms with Crippen molar-refractivity contribution in [2.45, 2.75) is 31.3 Å². The zero-order chi connectivity index (χ0) is 13.4. The second-order valence-electron chi connectivity index (χ2n) is 5.26. The van der Waals surface area contributed by atoms with E-state index in [1.807, 2.05) is 0 Å². The van der Waals surface area contributed by atoms with Crippen LogP contribution in [0.3, 0.4) is 0 Å². The highest BCUT2D eigenvalue weighted by atomic mass is 19.2. The molecule has 1 heterocycles. The van der Waals surface area contributed by atoms with E-state index in [9.17, 15) is 8.78 Å². The largest absolute Gasteiger partial charge is 0.379 e. The number of nitriles is 1. The maximum Gasteiger partial charge on any atom is 0.183 e. The van der Waals surface area contributed by atoms with Gasteiger partial charge in [0.05, 0.1) is 11.3 Å². The van der Waals surface area contributed by atoms with E-state index in [0.29, 0.717) is 6.04 Å². The van der Waals surface area contributed by atoms with Gasteiger partial charge in [-0.05, 0) is 31.4 Å². The first-order valence-electron chi connectivity index (χ1n) is 6.57. The molecule has 2 aliphatic rings. The third kappa shape index (κ3) is 2.41. The molecule has 1 saturated carbocycles. The van der Waals surface area contributed by atoms with E-state index in [4.69, 9.17) is 5.26 Å². The van der Waals surface area contributed by atoms with Gasteiger partial charge in [0.1, 0.15) is 6.07 Å². The minimum absolute atomic E-state index is 0.152. The Balaban J connectivity index is 1.70. The fraction of sp³-hybridized carbons (Fsp3) is 0.500. The standard InChI is InChI=1S/C14H15F2N3/c15-13-9(7-17)1-4-12(14(13)16)18-10-5-6-19(8-10)11-2-3-11/h1,4,10-11,18H,2-3,5-6,8H2. The number of likely N-dealkylation sites (tertiary alicyclic amines) is 1. The van der Waals surface area contributed by atoms with E-state index < -0.39 is 11.6 Å². The molecule has 3 nitrogen and oxygen atoms in total. The number of nitrogens with zero attached hydrogens (tertiary/aromatic N) is 2. The number of anilines is 1. The second kappa shape index (κ2) is 4.78. The van der Waals surface area contributed by atoms with Crippen LogP contribution >= 0.6 is 0 Å². The SMILES string of the molecule is N#Cc1ccc(NC2CCN(C3CC3)C2)c(F)c1F. The highest BCUT2D eigenvalue weighted by Crippen LogP contribution is 2.31. The topological polar surface area (TPSA) is 39.1 Å². The molecule has 19 heavy (non-hydrogen) atoms. The van der Waals surface area contributed by atoms with Crippen LogP contribution in [0.15, 0.2) is 12.1 Å². The Morgan fingerprint density at radius 1 is 1.21 bits per heavy atom. The maximum atomic E-state index is 13.8. The van der Waals surface area contributed by atoms with E-state index >= 15 is 0 Å². The van der Waals surface area contributed by atoms with Gasteiger partial charge in [0, 0.05) is 25.2 Å². The Hall–Kier alpha value is -1.67. The molecule has 1 aromatic rings. The van der Waals surface area contributed by atoms with Gasteiger partial charge in [-0.15, -0.1) is 0 Å².